The van der Waals surface area contributed by atoms with Crippen LogP contribution in [0.4, 0.5) is 4.39 Å². The molecule has 2 aromatic heterocycles. The minimum absolute atomic E-state index is 0.227. The molecule has 5 nitrogen and oxygen atoms in total. The molecule has 0 atom stereocenters. The second kappa shape index (κ2) is 7.56. The number of nitrogens with zero attached hydrogens (tertiary/aromatic N) is 2. The summed E-state index contributed by atoms with van der Waals surface area (Å²) >= 11 is 0. The quantitative estimate of drug-likeness (QED) is 0.539. The van der Waals surface area contributed by atoms with Crippen molar-refractivity contribution in [3.05, 3.63) is 88.7 Å². The zero-order valence-corrected chi connectivity index (χ0v) is 17.2. The monoisotopic (exact) mass is 415 g/mol. The summed E-state index contributed by atoms with van der Waals surface area (Å²) in [5.41, 5.74) is 4.99. The van der Waals surface area contributed by atoms with Crippen molar-refractivity contribution in [2.45, 2.75) is 13.0 Å². The molecule has 1 N–H and O–H groups in total. The molecule has 2 aromatic carbocycles. The van der Waals surface area contributed by atoms with Gasteiger partial charge in [-0.3, -0.25) is 9.36 Å². The van der Waals surface area contributed by atoms with E-state index in [-0.39, 0.29) is 5.56 Å². The Bertz CT molecular complexity index is 1380. The molecule has 4 aromatic rings. The zero-order valence-electron chi connectivity index (χ0n) is 17.2. The largest absolute Gasteiger partial charge is 0.497 e. The molecule has 0 aliphatic carbocycles. The maximum absolute atomic E-state index is 14.4. The van der Waals surface area contributed by atoms with E-state index in [1.165, 1.54) is 30.5 Å². The van der Waals surface area contributed by atoms with Gasteiger partial charge in [0.15, 0.2) is 0 Å². The molecule has 1 aliphatic rings. The van der Waals surface area contributed by atoms with Crippen molar-refractivity contribution in [1.29, 1.82) is 0 Å². The van der Waals surface area contributed by atoms with Crippen molar-refractivity contribution < 1.29 is 9.13 Å². The first-order valence-electron chi connectivity index (χ1n) is 10.2. The lowest BCUT2D eigenvalue weighted by Gasteiger charge is -2.14. The fraction of sp³-hybridized carbons (Fsp3) is 0.160. The smallest absolute Gasteiger partial charge is 0.255 e. The van der Waals surface area contributed by atoms with Gasteiger partial charge in [0, 0.05) is 60.7 Å². The third-order valence-corrected chi connectivity index (χ3v) is 5.91. The molecule has 0 radical (unpaired) electrons. The molecule has 0 saturated carbocycles. The van der Waals surface area contributed by atoms with Gasteiger partial charge >= 0.3 is 0 Å². The number of benzene rings is 2. The topological polar surface area (TPSA) is 48.2 Å². The lowest BCUT2D eigenvalue weighted by Crippen LogP contribution is -2.23. The molecule has 0 unspecified atom stereocenters. The van der Waals surface area contributed by atoms with Gasteiger partial charge in [-0.2, -0.15) is 0 Å². The van der Waals surface area contributed by atoms with Crippen LogP contribution in [-0.2, 0) is 13.0 Å². The van der Waals surface area contributed by atoms with Gasteiger partial charge in [0.2, 0.25) is 0 Å². The maximum atomic E-state index is 14.4. The first kappa shape index (κ1) is 19.3. The van der Waals surface area contributed by atoms with Gasteiger partial charge in [-0.1, -0.05) is 12.6 Å². The predicted octanol–water partition coefficient (Wildman–Crippen LogP) is 4.35. The van der Waals surface area contributed by atoms with Crippen LogP contribution in [-0.4, -0.2) is 22.8 Å². The van der Waals surface area contributed by atoms with Gasteiger partial charge in [-0.05, 0) is 41.5 Å². The predicted molar refractivity (Wildman–Crippen MR) is 121 cm³/mol. The third-order valence-electron chi connectivity index (χ3n) is 5.91. The Morgan fingerprint density at radius 3 is 2.77 bits per heavy atom. The number of aromatic nitrogens is 2. The Labute approximate surface area is 179 Å². The molecular weight excluding hydrogens is 393 g/mol. The number of hydrogen-bond acceptors (Lipinski definition) is 3. The highest BCUT2D eigenvalue weighted by atomic mass is 19.1. The van der Waals surface area contributed by atoms with Crippen LogP contribution < -0.4 is 15.6 Å². The number of nitrogens with one attached hydrogen (secondary N) is 1. The van der Waals surface area contributed by atoms with Crippen LogP contribution in [0, 0.1) is 5.82 Å². The minimum Gasteiger partial charge on any atom is -0.497 e. The molecular formula is C25H22FN3O2. The van der Waals surface area contributed by atoms with E-state index in [1.54, 1.807) is 29.0 Å². The van der Waals surface area contributed by atoms with Crippen molar-refractivity contribution in [2.75, 3.05) is 13.7 Å². The Morgan fingerprint density at radius 1 is 1.16 bits per heavy atom. The van der Waals surface area contributed by atoms with Crippen LogP contribution >= 0.6 is 0 Å². The molecule has 0 fully saturated rings. The normalized spacial score (nSPS) is 13.2. The van der Waals surface area contributed by atoms with Crippen molar-refractivity contribution in [3.8, 4) is 22.6 Å². The number of methoxy groups -OCH3 is 1. The Kier molecular flexibility index (Phi) is 4.71. The standard InChI is InChI=1S/C25H22FN3O2/c1-3-28-23-8-10-27-15-21(23)20-6-4-17(13-24(20)28)29-11-9-16(12-25(29)30)19-7-5-18(31-2)14-22(19)26/h3-7,9,11-14,27H,1,8,10,15H2,2H3. The molecule has 3 heterocycles. The summed E-state index contributed by atoms with van der Waals surface area (Å²) in [6.45, 7) is 5.74. The molecule has 0 spiro atoms. The average molecular weight is 415 g/mol. The van der Waals surface area contributed by atoms with Gasteiger partial charge < -0.3 is 14.6 Å². The van der Waals surface area contributed by atoms with Crippen molar-refractivity contribution in [3.63, 3.8) is 0 Å². The number of halogens is 1. The summed E-state index contributed by atoms with van der Waals surface area (Å²) in [6, 6.07) is 13.8. The summed E-state index contributed by atoms with van der Waals surface area (Å²) in [5.74, 6) is 0.00642. The van der Waals surface area contributed by atoms with Gasteiger partial charge in [0.25, 0.3) is 5.56 Å². The number of rotatable bonds is 4. The Balaban J connectivity index is 1.59. The van der Waals surface area contributed by atoms with Gasteiger partial charge in [0.05, 0.1) is 18.3 Å². The molecule has 0 amide bonds. The molecule has 156 valence electrons. The molecule has 6 heteroatoms. The average Bonchev–Trinajstić information content (AvgIpc) is 3.11. The van der Waals surface area contributed by atoms with Gasteiger partial charge in [0.1, 0.15) is 11.6 Å². The highest BCUT2D eigenvalue weighted by Crippen LogP contribution is 2.31. The van der Waals surface area contributed by atoms with Crippen LogP contribution in [0.2, 0.25) is 0 Å². The van der Waals surface area contributed by atoms with Gasteiger partial charge in [-0.25, -0.2) is 4.39 Å². The lowest BCUT2D eigenvalue weighted by molar-refractivity contribution is 0.411. The summed E-state index contributed by atoms with van der Waals surface area (Å²) in [6.07, 6.45) is 4.45. The highest BCUT2D eigenvalue weighted by Gasteiger charge is 2.19. The molecule has 0 saturated heterocycles. The molecule has 5 rings (SSSR count). The lowest BCUT2D eigenvalue weighted by atomic mass is 10.1. The molecule has 1 aliphatic heterocycles. The SMILES string of the molecule is C=Cn1c2c(c3ccc(-n4ccc(-c5ccc(OC)cc5F)cc4=O)cc31)CNCC2. The fourth-order valence-corrected chi connectivity index (χ4v) is 4.38. The van der Waals surface area contributed by atoms with E-state index in [0.29, 0.717) is 16.9 Å². The van der Waals surface area contributed by atoms with E-state index in [1.807, 2.05) is 18.3 Å². The zero-order chi connectivity index (χ0) is 21.5. The van der Waals surface area contributed by atoms with Crippen molar-refractivity contribution in [1.82, 2.24) is 14.5 Å². The molecule has 31 heavy (non-hydrogen) atoms. The van der Waals surface area contributed by atoms with E-state index in [2.05, 4.69) is 22.5 Å². The van der Waals surface area contributed by atoms with Crippen LogP contribution in [0.3, 0.4) is 0 Å². The number of hydrogen-bond donors (Lipinski definition) is 1. The van der Waals surface area contributed by atoms with E-state index >= 15 is 0 Å². The molecule has 0 bridgehead atoms. The summed E-state index contributed by atoms with van der Waals surface area (Å²) in [7, 11) is 1.49. The van der Waals surface area contributed by atoms with Crippen LogP contribution in [0.1, 0.15) is 11.3 Å². The number of fused-ring (bicyclic) bond motifs is 3. The summed E-state index contributed by atoms with van der Waals surface area (Å²) in [5, 5.41) is 4.58. The Hall–Kier alpha value is -3.64. The van der Waals surface area contributed by atoms with Crippen LogP contribution in [0.5, 0.6) is 5.75 Å². The van der Waals surface area contributed by atoms with Gasteiger partial charge in [-0.15, -0.1) is 0 Å². The first-order valence-corrected chi connectivity index (χ1v) is 10.2. The Morgan fingerprint density at radius 2 is 2.03 bits per heavy atom. The highest BCUT2D eigenvalue weighted by molar-refractivity contribution is 5.89. The number of pyridine rings is 1. The van der Waals surface area contributed by atoms with Crippen molar-refractivity contribution >= 4 is 17.1 Å². The van der Waals surface area contributed by atoms with E-state index < -0.39 is 5.82 Å². The summed E-state index contributed by atoms with van der Waals surface area (Å²) < 4.78 is 23.2. The first-order chi connectivity index (χ1) is 15.1. The maximum Gasteiger partial charge on any atom is 0.255 e. The van der Waals surface area contributed by atoms with E-state index in [4.69, 9.17) is 4.74 Å². The van der Waals surface area contributed by atoms with Crippen molar-refractivity contribution in [2.24, 2.45) is 0 Å². The number of ether oxygens (including phenoxy) is 1. The third kappa shape index (κ3) is 3.16. The minimum atomic E-state index is -0.430. The van der Waals surface area contributed by atoms with Crippen LogP contribution in [0.25, 0.3) is 33.9 Å². The van der Waals surface area contributed by atoms with E-state index in [9.17, 15) is 9.18 Å². The second-order valence-corrected chi connectivity index (χ2v) is 7.58. The van der Waals surface area contributed by atoms with Crippen LogP contribution in [0.15, 0.2) is 66.1 Å². The second-order valence-electron chi connectivity index (χ2n) is 7.58. The summed E-state index contributed by atoms with van der Waals surface area (Å²) in [4.78, 5) is 12.9. The fourth-order valence-electron chi connectivity index (χ4n) is 4.38. The van der Waals surface area contributed by atoms with E-state index in [0.717, 1.165) is 36.1 Å².